The molecular formula is C48H66F8N8S8. The van der Waals surface area contributed by atoms with Crippen LogP contribution in [-0.2, 0) is 0 Å². The highest BCUT2D eigenvalue weighted by Crippen LogP contribution is 2.48. The molecule has 0 radical (unpaired) electrons. The average molecular weight is 1160 g/mol. The summed E-state index contributed by atoms with van der Waals surface area (Å²) >= 11 is 12.1. The van der Waals surface area contributed by atoms with Gasteiger partial charge in [-0.25, -0.2) is 29.9 Å². The summed E-state index contributed by atoms with van der Waals surface area (Å²) < 4.78 is 108. The minimum Gasteiger partial charge on any atom is -0.323 e. The Hall–Kier alpha value is -1.44. The second-order valence-electron chi connectivity index (χ2n) is 16.2. The van der Waals surface area contributed by atoms with Crippen LogP contribution >= 0.6 is 94.1 Å². The van der Waals surface area contributed by atoms with Crippen molar-refractivity contribution < 1.29 is 35.1 Å². The normalized spacial score (nSPS) is 12.9. The first-order chi connectivity index (χ1) is 35.5. The number of aromatic nitrogens is 8. The molecule has 5 heterocycles. The van der Waals surface area contributed by atoms with Crippen LogP contribution in [-0.4, -0.2) is 139 Å². The highest BCUT2D eigenvalue weighted by Gasteiger charge is 2.29. The molecule has 0 aliphatic carbocycles. The molecule has 3 aromatic heterocycles. The highest BCUT2D eigenvalue weighted by molar-refractivity contribution is 8.14. The number of alkyl halides is 8. The van der Waals surface area contributed by atoms with Gasteiger partial charge in [-0.15, -0.1) is 94.1 Å². The molecular weight excluding hydrogens is 1100 g/mol. The van der Waals surface area contributed by atoms with Crippen molar-refractivity contribution in [3.63, 3.8) is 0 Å². The zero-order chi connectivity index (χ0) is 51.2. The third-order valence-electron chi connectivity index (χ3n) is 10.5. The fourth-order valence-electron chi connectivity index (χ4n) is 6.76. The molecule has 8 nitrogen and oxygen atoms in total. The van der Waals surface area contributed by atoms with Crippen molar-refractivity contribution in [2.45, 2.75) is 122 Å². The van der Waals surface area contributed by atoms with E-state index in [-0.39, 0.29) is 0 Å². The highest BCUT2D eigenvalue weighted by atomic mass is 32.2. The first-order valence-corrected chi connectivity index (χ1v) is 32.6. The molecule has 8 bridgehead atoms. The molecule has 0 saturated heterocycles. The van der Waals surface area contributed by atoms with Gasteiger partial charge >= 0.3 is 0 Å². The van der Waals surface area contributed by atoms with Crippen LogP contribution < -0.4 is 0 Å². The molecule has 2 aliphatic heterocycles. The maximum atomic E-state index is 13.5. The van der Waals surface area contributed by atoms with Crippen LogP contribution in [0.3, 0.4) is 0 Å². The van der Waals surface area contributed by atoms with Crippen molar-refractivity contribution in [3.8, 4) is 0 Å². The van der Waals surface area contributed by atoms with Gasteiger partial charge in [0.25, 0.3) is 0 Å². The summed E-state index contributed by atoms with van der Waals surface area (Å²) in [6.07, 6.45) is 7.77. The van der Waals surface area contributed by atoms with Crippen molar-refractivity contribution >= 4 is 136 Å². The fourth-order valence-corrected chi connectivity index (χ4v) is 16.2. The van der Waals surface area contributed by atoms with Gasteiger partial charge in [0, 0.05) is 0 Å². The van der Waals surface area contributed by atoms with Gasteiger partial charge < -0.3 is 9.97 Å². The number of rotatable bonds is 40. The number of thioether (sulfide) groups is 8. The van der Waals surface area contributed by atoms with E-state index in [4.69, 9.17) is 29.9 Å². The van der Waals surface area contributed by atoms with Crippen LogP contribution in [0.25, 0.3) is 42.2 Å². The summed E-state index contributed by atoms with van der Waals surface area (Å²) in [5.74, 6) is 5.93. The van der Waals surface area contributed by atoms with E-state index in [1.165, 1.54) is 94.1 Å². The molecule has 2 aliphatic rings. The summed E-state index contributed by atoms with van der Waals surface area (Å²) in [7, 11) is 0. The third-order valence-corrected chi connectivity index (χ3v) is 20.4. The number of hydrogen-bond acceptors (Lipinski definition) is 14. The second kappa shape index (κ2) is 36.6. The van der Waals surface area contributed by atoms with Crippen molar-refractivity contribution in [1.82, 2.24) is 39.9 Å². The minimum absolute atomic E-state index is 0.343. The van der Waals surface area contributed by atoms with Crippen LogP contribution in [0.4, 0.5) is 35.1 Å². The number of unbranched alkanes of at least 4 members (excludes halogenated alkanes) is 8. The summed E-state index contributed by atoms with van der Waals surface area (Å²) in [6, 6.07) is 0. The quantitative estimate of drug-likeness (QED) is 0.0320. The number of fused-ring (bicyclic) bond motifs is 8. The lowest BCUT2D eigenvalue weighted by Gasteiger charge is -2.08. The lowest BCUT2D eigenvalue weighted by molar-refractivity contribution is 0.470. The summed E-state index contributed by atoms with van der Waals surface area (Å²) in [4.78, 5) is 44.5. The molecule has 72 heavy (non-hydrogen) atoms. The second-order valence-corrected chi connectivity index (χ2v) is 25.0. The van der Waals surface area contributed by atoms with Gasteiger partial charge in [-0.1, -0.05) is 0 Å². The number of H-pyrrole nitrogens is 2. The Bertz CT molecular complexity index is 2150. The number of halogens is 8. The van der Waals surface area contributed by atoms with E-state index >= 15 is 0 Å². The molecule has 0 unspecified atom stereocenters. The molecule has 0 aromatic carbocycles. The van der Waals surface area contributed by atoms with Gasteiger partial charge in [0.2, 0.25) is 0 Å². The SMILES string of the molecule is FCCCCSC1=C(SCCCCF)c2nc1nc1nc(nc3[nH]c(nc4[nH]c(n2)c(SCCCCF)c4SCCCCF)c(SCCCCF)c3SCCCCF)C(SCCCCF)=C1SCCCCF. The first kappa shape index (κ1) is 61.4. The minimum atomic E-state index is -0.458. The van der Waals surface area contributed by atoms with Gasteiger partial charge in [0.1, 0.15) is 22.6 Å². The van der Waals surface area contributed by atoms with Crippen LogP contribution in [0.15, 0.2) is 19.6 Å². The number of aromatic amines is 2. The lowest BCUT2D eigenvalue weighted by Crippen LogP contribution is -1.93. The Morgan fingerprint density at radius 3 is 0.653 bits per heavy atom. The molecule has 0 spiro atoms. The molecule has 3 aromatic rings. The molecule has 2 N–H and O–H groups in total. The monoisotopic (exact) mass is 1160 g/mol. The molecule has 0 saturated carbocycles. The predicted octanol–water partition coefficient (Wildman–Crippen LogP) is 16.8. The topological polar surface area (TPSA) is 109 Å². The van der Waals surface area contributed by atoms with Crippen molar-refractivity contribution in [2.24, 2.45) is 0 Å². The smallest absolute Gasteiger partial charge is 0.171 e. The maximum absolute atomic E-state index is 13.5. The Morgan fingerprint density at radius 2 is 0.431 bits per heavy atom. The Labute approximate surface area is 453 Å². The van der Waals surface area contributed by atoms with Crippen molar-refractivity contribution in [3.05, 3.63) is 23.3 Å². The van der Waals surface area contributed by atoms with Gasteiger partial charge in [0.05, 0.1) is 92.6 Å². The summed E-state index contributed by atoms with van der Waals surface area (Å²) in [5, 5.41) is 0. The van der Waals surface area contributed by atoms with E-state index in [1.807, 2.05) is 0 Å². The molecule has 0 atom stereocenters. The molecule has 402 valence electrons. The molecule has 24 heteroatoms. The van der Waals surface area contributed by atoms with E-state index in [0.29, 0.717) is 195 Å². The first-order valence-electron chi connectivity index (χ1n) is 24.8. The van der Waals surface area contributed by atoms with Crippen LogP contribution in [0.2, 0.25) is 0 Å². The van der Waals surface area contributed by atoms with E-state index in [2.05, 4.69) is 9.97 Å². The Balaban J connectivity index is 1.96. The average Bonchev–Trinajstić information content (AvgIpc) is 4.09. The summed E-state index contributed by atoms with van der Waals surface area (Å²) in [5.41, 5.74) is 1.88. The molecule has 0 amide bonds. The van der Waals surface area contributed by atoms with Crippen molar-refractivity contribution in [1.29, 1.82) is 0 Å². The lowest BCUT2D eigenvalue weighted by atomic mass is 10.4. The van der Waals surface area contributed by atoms with Gasteiger partial charge in [-0.05, 0) is 149 Å². The van der Waals surface area contributed by atoms with Crippen molar-refractivity contribution in [2.75, 3.05) is 99.4 Å². The van der Waals surface area contributed by atoms with E-state index in [0.717, 1.165) is 39.2 Å². The van der Waals surface area contributed by atoms with Crippen LogP contribution in [0.1, 0.15) is 126 Å². The third kappa shape index (κ3) is 19.5. The number of hydrogen-bond donors (Lipinski definition) is 2. The zero-order valence-electron chi connectivity index (χ0n) is 40.6. The number of nitrogens with one attached hydrogen (secondary N) is 2. The summed E-state index contributed by atoms with van der Waals surface area (Å²) in [6.45, 7) is -3.64. The Kier molecular flexibility index (Phi) is 31.2. The van der Waals surface area contributed by atoms with E-state index in [1.54, 1.807) is 0 Å². The largest absolute Gasteiger partial charge is 0.323 e. The maximum Gasteiger partial charge on any atom is 0.171 e. The molecule has 5 rings (SSSR count). The zero-order valence-corrected chi connectivity index (χ0v) is 47.1. The van der Waals surface area contributed by atoms with E-state index in [9.17, 15) is 35.1 Å². The Morgan fingerprint density at radius 1 is 0.236 bits per heavy atom. The van der Waals surface area contributed by atoms with Crippen LogP contribution in [0, 0.1) is 0 Å². The van der Waals surface area contributed by atoms with Gasteiger partial charge in [-0.3, -0.25) is 35.1 Å². The van der Waals surface area contributed by atoms with Gasteiger partial charge in [0.15, 0.2) is 23.3 Å². The van der Waals surface area contributed by atoms with Crippen LogP contribution in [0.5, 0.6) is 0 Å². The van der Waals surface area contributed by atoms with Gasteiger partial charge in [-0.2, -0.15) is 0 Å². The van der Waals surface area contributed by atoms with E-state index < -0.39 is 53.4 Å². The fraction of sp³-hybridized carbons (Fsp3) is 0.667. The standard InChI is InChI=1S/C48H66F8N8S8/c49-17-1-9-25-65-33-34(66-26-10-2-18-50)42-57-41(33)61-43-35(67-27-11-3-19-51)36(68-28-12-4-20-52)45(58-43)63-47-39(71-31-15-7-23-55)40(72-32-16-8-24-56)48(60-47)64-46-38(70-30-14-6-22-54)37(44(59-46)62-42)69-29-13-5-21-53/h1-32H2,(H2,57,58,59,60,61,62,63,64). The predicted molar refractivity (Wildman–Crippen MR) is 300 cm³/mol. The molecule has 0 fully saturated rings. The number of nitrogens with zero attached hydrogens (tertiary/aromatic N) is 6.